The molecule has 1 heterocycles. The highest BCUT2D eigenvalue weighted by atomic mass is 16.6. The quantitative estimate of drug-likeness (QED) is 0.263. The average molecular weight is 438 g/mol. The molecule has 7 heteroatoms. The number of non-ortho nitro benzene ring substituents is 1. The first-order valence-corrected chi connectivity index (χ1v) is 10.0. The number of ether oxygens (including phenoxy) is 1. The number of rotatable bonds is 5. The molecule has 0 atom stereocenters. The lowest BCUT2D eigenvalue weighted by molar-refractivity contribution is -0.383. The SMILES string of the molecule is Cc1c(C(=O)O)nc2c([N+](=O)[O-])cc(C#Cc3ccccc3)cc2c1OCc1ccccc1. The molecule has 0 amide bonds. The van der Waals surface area contributed by atoms with Gasteiger partial charge in [0.1, 0.15) is 12.4 Å². The van der Waals surface area contributed by atoms with Crippen molar-refractivity contribution in [3.63, 3.8) is 0 Å². The zero-order valence-corrected chi connectivity index (χ0v) is 17.6. The third kappa shape index (κ3) is 4.65. The Bertz CT molecular complexity index is 1420. The molecule has 0 aliphatic heterocycles. The highest BCUT2D eigenvalue weighted by Gasteiger charge is 2.24. The molecule has 0 radical (unpaired) electrons. The van der Waals surface area contributed by atoms with Crippen LogP contribution in [-0.2, 0) is 6.61 Å². The molecule has 0 saturated heterocycles. The molecule has 4 rings (SSSR count). The van der Waals surface area contributed by atoms with Gasteiger partial charge in [-0.05, 0) is 30.7 Å². The summed E-state index contributed by atoms with van der Waals surface area (Å²) in [7, 11) is 0. The van der Waals surface area contributed by atoms with Crippen molar-refractivity contribution < 1.29 is 19.6 Å². The Morgan fingerprint density at radius 1 is 1.03 bits per heavy atom. The molecule has 0 aliphatic carbocycles. The third-order valence-electron chi connectivity index (χ3n) is 5.00. The molecule has 3 aromatic carbocycles. The van der Waals surface area contributed by atoms with E-state index in [1.807, 2.05) is 60.7 Å². The first-order valence-electron chi connectivity index (χ1n) is 10.0. The van der Waals surface area contributed by atoms with Gasteiger partial charge in [0.25, 0.3) is 5.69 Å². The number of carbonyl (C=O) groups is 1. The number of carboxylic acids is 1. The molecule has 0 saturated carbocycles. The molecule has 1 aromatic heterocycles. The molecule has 0 fully saturated rings. The van der Waals surface area contributed by atoms with Gasteiger partial charge in [-0.2, -0.15) is 0 Å². The van der Waals surface area contributed by atoms with Crippen LogP contribution in [0.25, 0.3) is 10.9 Å². The summed E-state index contributed by atoms with van der Waals surface area (Å²) in [5, 5.41) is 21.8. The van der Waals surface area contributed by atoms with E-state index < -0.39 is 10.9 Å². The number of benzene rings is 3. The molecule has 4 aromatic rings. The Balaban J connectivity index is 1.91. The van der Waals surface area contributed by atoms with E-state index in [4.69, 9.17) is 4.74 Å². The van der Waals surface area contributed by atoms with Crippen molar-refractivity contribution in [2.45, 2.75) is 13.5 Å². The minimum absolute atomic E-state index is 0.0590. The molecular formula is C26H18N2O5. The summed E-state index contributed by atoms with van der Waals surface area (Å²) in [5.41, 5.74) is 1.62. The minimum atomic E-state index is -1.29. The van der Waals surface area contributed by atoms with E-state index in [0.29, 0.717) is 10.9 Å². The summed E-state index contributed by atoms with van der Waals surface area (Å²) in [4.78, 5) is 27.1. The highest BCUT2D eigenvalue weighted by molar-refractivity contribution is 5.99. The third-order valence-corrected chi connectivity index (χ3v) is 5.00. The summed E-state index contributed by atoms with van der Waals surface area (Å²) >= 11 is 0. The van der Waals surface area contributed by atoms with Crippen LogP contribution in [0.3, 0.4) is 0 Å². The maximum absolute atomic E-state index is 11.8. The van der Waals surface area contributed by atoms with Gasteiger partial charge in [0.05, 0.1) is 10.3 Å². The standard InChI is InChI=1S/C26H18N2O5/c1-17-23(26(29)30)27-24-21(25(17)33-16-19-10-6-3-7-11-19)14-20(15-22(24)28(31)32)13-12-18-8-4-2-5-9-18/h2-11,14-15H,16H2,1H3,(H,29,30). The van der Waals surface area contributed by atoms with E-state index in [1.165, 1.54) is 6.07 Å². The Kier molecular flexibility index (Phi) is 6.00. The van der Waals surface area contributed by atoms with Gasteiger partial charge in [-0.25, -0.2) is 9.78 Å². The van der Waals surface area contributed by atoms with Gasteiger partial charge in [-0.15, -0.1) is 0 Å². The lowest BCUT2D eigenvalue weighted by atomic mass is 10.0. The molecule has 0 spiro atoms. The van der Waals surface area contributed by atoms with Crippen LogP contribution < -0.4 is 4.74 Å². The fourth-order valence-corrected chi connectivity index (χ4v) is 3.42. The van der Waals surface area contributed by atoms with Crippen LogP contribution in [0.4, 0.5) is 5.69 Å². The lowest BCUT2D eigenvalue weighted by Crippen LogP contribution is -2.08. The van der Waals surface area contributed by atoms with Gasteiger partial charge in [-0.1, -0.05) is 60.4 Å². The fraction of sp³-hybridized carbons (Fsp3) is 0.0769. The zero-order chi connectivity index (χ0) is 23.4. The largest absolute Gasteiger partial charge is 0.488 e. The van der Waals surface area contributed by atoms with Gasteiger partial charge in [-0.3, -0.25) is 10.1 Å². The van der Waals surface area contributed by atoms with Crippen molar-refractivity contribution >= 4 is 22.6 Å². The zero-order valence-electron chi connectivity index (χ0n) is 17.6. The number of carboxylic acid groups (broad SMARTS) is 1. The lowest BCUT2D eigenvalue weighted by Gasteiger charge is -2.14. The molecule has 7 nitrogen and oxygen atoms in total. The molecule has 0 aliphatic rings. The Morgan fingerprint density at radius 3 is 2.30 bits per heavy atom. The maximum Gasteiger partial charge on any atom is 0.354 e. The van der Waals surface area contributed by atoms with Crippen LogP contribution in [0.1, 0.15) is 32.7 Å². The number of nitrogens with zero attached hydrogens (tertiary/aromatic N) is 2. The van der Waals surface area contributed by atoms with Crippen LogP contribution in [0, 0.1) is 28.9 Å². The normalized spacial score (nSPS) is 10.3. The molecule has 0 unspecified atom stereocenters. The van der Waals surface area contributed by atoms with Gasteiger partial charge in [0.2, 0.25) is 0 Å². The number of hydrogen-bond donors (Lipinski definition) is 1. The monoisotopic (exact) mass is 438 g/mol. The smallest absolute Gasteiger partial charge is 0.354 e. The molecule has 0 bridgehead atoms. The van der Waals surface area contributed by atoms with Crippen molar-refractivity contribution in [3.8, 4) is 17.6 Å². The van der Waals surface area contributed by atoms with Crippen LogP contribution in [0.15, 0.2) is 72.8 Å². The molecular weight excluding hydrogens is 420 g/mol. The second-order valence-corrected chi connectivity index (χ2v) is 7.26. The topological polar surface area (TPSA) is 103 Å². The van der Waals surface area contributed by atoms with Gasteiger partial charge < -0.3 is 9.84 Å². The molecule has 1 N–H and O–H groups in total. The van der Waals surface area contributed by atoms with E-state index in [-0.39, 0.29) is 34.8 Å². The van der Waals surface area contributed by atoms with E-state index in [9.17, 15) is 20.0 Å². The Labute approximate surface area is 189 Å². The van der Waals surface area contributed by atoms with E-state index in [0.717, 1.165) is 11.1 Å². The van der Waals surface area contributed by atoms with Crippen LogP contribution in [0.2, 0.25) is 0 Å². The predicted molar refractivity (Wildman–Crippen MR) is 123 cm³/mol. The highest BCUT2D eigenvalue weighted by Crippen LogP contribution is 2.36. The van der Waals surface area contributed by atoms with Crippen molar-refractivity contribution in [1.82, 2.24) is 4.98 Å². The Morgan fingerprint density at radius 2 is 1.67 bits per heavy atom. The van der Waals surface area contributed by atoms with Crippen molar-refractivity contribution in [3.05, 3.63) is 111 Å². The average Bonchev–Trinajstić information content (AvgIpc) is 2.82. The summed E-state index contributed by atoms with van der Waals surface area (Å²) < 4.78 is 6.01. The summed E-state index contributed by atoms with van der Waals surface area (Å²) in [6.07, 6.45) is 0. The number of nitro groups is 1. The van der Waals surface area contributed by atoms with E-state index >= 15 is 0 Å². The van der Waals surface area contributed by atoms with Gasteiger partial charge in [0.15, 0.2) is 11.2 Å². The van der Waals surface area contributed by atoms with Crippen molar-refractivity contribution in [1.29, 1.82) is 0 Å². The van der Waals surface area contributed by atoms with Crippen molar-refractivity contribution in [2.24, 2.45) is 0 Å². The predicted octanol–water partition coefficient (Wildman–Crippen LogP) is 5.13. The second-order valence-electron chi connectivity index (χ2n) is 7.26. The van der Waals surface area contributed by atoms with Crippen LogP contribution >= 0.6 is 0 Å². The second kappa shape index (κ2) is 9.20. The maximum atomic E-state index is 11.8. The number of aromatic carboxylic acids is 1. The number of aromatic nitrogens is 1. The number of pyridine rings is 1. The summed E-state index contributed by atoms with van der Waals surface area (Å²) in [6.45, 7) is 1.73. The van der Waals surface area contributed by atoms with E-state index in [1.54, 1.807) is 13.0 Å². The fourth-order valence-electron chi connectivity index (χ4n) is 3.42. The van der Waals surface area contributed by atoms with Crippen molar-refractivity contribution in [2.75, 3.05) is 0 Å². The number of fused-ring (bicyclic) bond motifs is 1. The summed E-state index contributed by atoms with van der Waals surface area (Å²) in [5.74, 6) is 4.88. The van der Waals surface area contributed by atoms with E-state index in [2.05, 4.69) is 16.8 Å². The number of hydrogen-bond acceptors (Lipinski definition) is 5. The molecule has 162 valence electrons. The first kappa shape index (κ1) is 21.5. The number of nitro benzene ring substituents is 1. The minimum Gasteiger partial charge on any atom is -0.488 e. The van der Waals surface area contributed by atoms with Gasteiger partial charge in [0, 0.05) is 22.8 Å². The Hall–Kier alpha value is -4.70. The first-order chi connectivity index (χ1) is 15.9. The van der Waals surface area contributed by atoms with Crippen LogP contribution in [-0.4, -0.2) is 21.0 Å². The molecule has 33 heavy (non-hydrogen) atoms. The van der Waals surface area contributed by atoms with Crippen LogP contribution in [0.5, 0.6) is 5.75 Å². The summed E-state index contributed by atoms with van der Waals surface area (Å²) in [6, 6.07) is 21.5. The van der Waals surface area contributed by atoms with Gasteiger partial charge >= 0.3 is 5.97 Å².